The summed E-state index contributed by atoms with van der Waals surface area (Å²) in [6.07, 6.45) is 1.28. The third-order valence-corrected chi connectivity index (χ3v) is 5.86. The Kier molecular flexibility index (Phi) is 7.62. The molecule has 1 aromatic heterocycles. The first-order chi connectivity index (χ1) is 11.3. The van der Waals surface area contributed by atoms with E-state index in [1.54, 1.807) is 0 Å². The lowest BCUT2D eigenvalue weighted by Crippen LogP contribution is -2.24. The van der Waals surface area contributed by atoms with Crippen molar-refractivity contribution in [3.8, 4) is 0 Å². The first kappa shape index (κ1) is 22.1. The third-order valence-electron chi connectivity index (χ3n) is 2.02. The summed E-state index contributed by atoms with van der Waals surface area (Å²) >= 11 is 0. The van der Waals surface area contributed by atoms with Gasteiger partial charge in [0, 0.05) is 6.20 Å². The lowest BCUT2D eigenvalue weighted by molar-refractivity contribution is 0.0433. The van der Waals surface area contributed by atoms with Crippen molar-refractivity contribution in [1.82, 2.24) is 9.55 Å². The highest BCUT2D eigenvalue weighted by Gasteiger charge is 2.40. The summed E-state index contributed by atoms with van der Waals surface area (Å²) in [4.78, 5) is 49.5. The first-order valence-corrected chi connectivity index (χ1v) is 10.5. The van der Waals surface area contributed by atoms with Crippen molar-refractivity contribution in [2.75, 3.05) is 18.9 Å². The Morgan fingerprint density at radius 1 is 1.08 bits per heavy atom. The SMILES string of the molecule is Nc1ccn(COCCOP(=O)(O)OP(=O)(O)OP(=O)(O)O)c(=O)n1. The van der Waals surface area contributed by atoms with Crippen LogP contribution in [0.2, 0.25) is 0 Å². The maximum Gasteiger partial charge on any atom is 0.490 e. The molecule has 2 atom stereocenters. The van der Waals surface area contributed by atoms with Crippen molar-refractivity contribution >= 4 is 29.3 Å². The van der Waals surface area contributed by atoms with E-state index in [4.69, 9.17) is 30.0 Å². The fourth-order valence-corrected chi connectivity index (χ4v) is 4.22. The minimum Gasteiger partial charge on any atom is -0.383 e. The highest BCUT2D eigenvalue weighted by Crippen LogP contribution is 2.66. The zero-order valence-electron chi connectivity index (χ0n) is 12.1. The van der Waals surface area contributed by atoms with Crippen molar-refractivity contribution in [2.45, 2.75) is 6.73 Å². The fraction of sp³-hybridized carbons (Fsp3) is 0.429. The second kappa shape index (κ2) is 8.62. The van der Waals surface area contributed by atoms with E-state index in [9.17, 15) is 18.5 Å². The minimum atomic E-state index is -5.56. The van der Waals surface area contributed by atoms with Crippen LogP contribution in [0.4, 0.5) is 5.82 Å². The van der Waals surface area contributed by atoms with Gasteiger partial charge in [0.05, 0.1) is 13.2 Å². The molecule has 25 heavy (non-hydrogen) atoms. The van der Waals surface area contributed by atoms with E-state index in [2.05, 4.69) is 18.1 Å². The zero-order chi connectivity index (χ0) is 19.3. The molecular formula is C7H14N3O12P3. The maximum atomic E-state index is 11.4. The van der Waals surface area contributed by atoms with Crippen LogP contribution in [-0.4, -0.2) is 42.3 Å². The first-order valence-electron chi connectivity index (χ1n) is 5.99. The monoisotopic (exact) mass is 425 g/mol. The van der Waals surface area contributed by atoms with E-state index in [1.807, 2.05) is 0 Å². The van der Waals surface area contributed by atoms with Gasteiger partial charge in [-0.2, -0.15) is 13.6 Å². The molecule has 0 fully saturated rings. The molecule has 0 aliphatic heterocycles. The molecule has 6 N–H and O–H groups in total. The van der Waals surface area contributed by atoms with Crippen molar-refractivity contribution in [1.29, 1.82) is 0 Å². The third kappa shape index (κ3) is 9.35. The van der Waals surface area contributed by atoms with Gasteiger partial charge in [0.15, 0.2) is 0 Å². The molecule has 0 aliphatic rings. The smallest absolute Gasteiger partial charge is 0.383 e. The molecule has 15 nitrogen and oxygen atoms in total. The summed E-state index contributed by atoms with van der Waals surface area (Å²) in [7, 11) is -16.2. The highest BCUT2D eigenvalue weighted by molar-refractivity contribution is 7.66. The number of phosphoric ester groups is 1. The highest BCUT2D eigenvalue weighted by atomic mass is 31.3. The van der Waals surface area contributed by atoms with Crippen LogP contribution >= 0.6 is 23.5 Å². The summed E-state index contributed by atoms with van der Waals surface area (Å²) < 4.78 is 50.0. The summed E-state index contributed by atoms with van der Waals surface area (Å²) in [5.41, 5.74) is 4.58. The number of anilines is 1. The van der Waals surface area contributed by atoms with Gasteiger partial charge in [-0.15, -0.1) is 0 Å². The van der Waals surface area contributed by atoms with E-state index < -0.39 is 35.8 Å². The van der Waals surface area contributed by atoms with Gasteiger partial charge in [-0.1, -0.05) is 0 Å². The van der Waals surface area contributed by atoms with Gasteiger partial charge in [0.2, 0.25) is 0 Å². The number of hydrogen-bond acceptors (Lipinski definition) is 10. The molecule has 0 amide bonds. The molecule has 0 saturated carbocycles. The number of phosphoric acid groups is 3. The molecule has 0 saturated heterocycles. The Morgan fingerprint density at radius 3 is 2.28 bits per heavy atom. The molecule has 0 spiro atoms. The van der Waals surface area contributed by atoms with Crippen molar-refractivity contribution in [2.24, 2.45) is 0 Å². The van der Waals surface area contributed by atoms with Gasteiger partial charge < -0.3 is 30.0 Å². The zero-order valence-corrected chi connectivity index (χ0v) is 14.8. The number of hydrogen-bond donors (Lipinski definition) is 5. The number of nitrogens with two attached hydrogens (primary N) is 1. The van der Waals surface area contributed by atoms with Crippen LogP contribution in [0.15, 0.2) is 17.1 Å². The average molecular weight is 425 g/mol. The molecule has 0 aromatic carbocycles. The van der Waals surface area contributed by atoms with Gasteiger partial charge in [0.25, 0.3) is 0 Å². The molecule has 1 rings (SSSR count). The van der Waals surface area contributed by atoms with Crippen molar-refractivity contribution in [3.05, 3.63) is 22.7 Å². The predicted molar refractivity (Wildman–Crippen MR) is 78.7 cm³/mol. The topological polar surface area (TPSA) is 230 Å². The van der Waals surface area contributed by atoms with Crippen LogP contribution < -0.4 is 11.4 Å². The van der Waals surface area contributed by atoms with Gasteiger partial charge in [-0.3, -0.25) is 9.09 Å². The van der Waals surface area contributed by atoms with E-state index in [-0.39, 0.29) is 19.2 Å². The van der Waals surface area contributed by atoms with Gasteiger partial charge in [-0.25, -0.2) is 18.5 Å². The second-order valence-corrected chi connectivity index (χ2v) is 8.49. The minimum absolute atomic E-state index is 0.00825. The number of ether oxygens (including phenoxy) is 1. The summed E-state index contributed by atoms with van der Waals surface area (Å²) in [6, 6.07) is 1.33. The molecule has 0 bridgehead atoms. The number of nitrogens with zero attached hydrogens (tertiary/aromatic N) is 2. The van der Waals surface area contributed by atoms with Crippen LogP contribution in [0, 0.1) is 0 Å². The summed E-state index contributed by atoms with van der Waals surface area (Å²) in [5, 5.41) is 0. The van der Waals surface area contributed by atoms with Gasteiger partial charge >= 0.3 is 29.2 Å². The molecule has 18 heteroatoms. The van der Waals surface area contributed by atoms with E-state index >= 15 is 0 Å². The Morgan fingerprint density at radius 2 is 1.72 bits per heavy atom. The average Bonchev–Trinajstić information content (AvgIpc) is 2.36. The fourth-order valence-electron chi connectivity index (χ4n) is 1.22. The van der Waals surface area contributed by atoms with Gasteiger partial charge in [0.1, 0.15) is 12.5 Å². The molecule has 1 heterocycles. The molecular weight excluding hydrogens is 411 g/mol. The van der Waals surface area contributed by atoms with Crippen molar-refractivity contribution in [3.63, 3.8) is 0 Å². The number of nitrogen functional groups attached to an aromatic ring is 1. The lowest BCUT2D eigenvalue weighted by atomic mass is 10.6. The van der Waals surface area contributed by atoms with Crippen LogP contribution in [0.25, 0.3) is 0 Å². The lowest BCUT2D eigenvalue weighted by Gasteiger charge is -2.16. The Hall–Kier alpha value is -0.950. The molecule has 1 aromatic rings. The molecule has 2 unspecified atom stereocenters. The van der Waals surface area contributed by atoms with E-state index in [1.165, 1.54) is 12.3 Å². The standard InChI is InChI=1S/C7H14N3O12P3/c8-6-1-2-10(7(11)9-6)5-19-3-4-20-24(15,16)22-25(17,18)21-23(12,13)14/h1-2H,3-5H2,(H,15,16)(H,17,18)(H2,8,9,11)(H2,12,13,14). The quantitative estimate of drug-likeness (QED) is 0.227. The summed E-state index contributed by atoms with van der Waals surface area (Å²) in [5.74, 6) is 0.00825. The number of aromatic nitrogens is 2. The Labute approximate surface area is 139 Å². The Bertz CT molecular complexity index is 788. The van der Waals surface area contributed by atoms with E-state index in [0.717, 1.165) is 4.57 Å². The molecule has 0 aliphatic carbocycles. The van der Waals surface area contributed by atoms with Crippen LogP contribution in [-0.2, 0) is 38.3 Å². The number of rotatable bonds is 10. The van der Waals surface area contributed by atoms with Crippen LogP contribution in [0.1, 0.15) is 0 Å². The molecule has 0 radical (unpaired) electrons. The van der Waals surface area contributed by atoms with Crippen molar-refractivity contribution < 1.29 is 51.2 Å². The normalized spacial score (nSPS) is 17.0. The largest absolute Gasteiger partial charge is 0.490 e. The summed E-state index contributed by atoms with van der Waals surface area (Å²) in [6.45, 7) is -1.30. The van der Waals surface area contributed by atoms with Crippen LogP contribution in [0.5, 0.6) is 0 Å². The second-order valence-electron chi connectivity index (χ2n) is 4.07. The predicted octanol–water partition coefficient (Wildman–Crippen LogP) is -0.857. The molecule has 144 valence electrons. The Balaban J connectivity index is 2.41. The van der Waals surface area contributed by atoms with Gasteiger partial charge in [-0.05, 0) is 6.07 Å². The van der Waals surface area contributed by atoms with E-state index in [0.29, 0.717) is 0 Å². The maximum absolute atomic E-state index is 11.4. The van der Waals surface area contributed by atoms with Crippen LogP contribution in [0.3, 0.4) is 0 Å².